The van der Waals surface area contributed by atoms with Gasteiger partial charge in [-0.1, -0.05) is 19.8 Å². The third-order valence-corrected chi connectivity index (χ3v) is 7.97. The minimum atomic E-state index is 0.130. The molecule has 2 aliphatic carbocycles. The number of hydrogen-bond acceptors (Lipinski definition) is 2. The second-order valence-corrected chi connectivity index (χ2v) is 9.36. The average Bonchev–Trinajstić information content (AvgIpc) is 3.40. The van der Waals surface area contributed by atoms with E-state index >= 15 is 0 Å². The summed E-state index contributed by atoms with van der Waals surface area (Å²) in [4.78, 5) is 17.0. The van der Waals surface area contributed by atoms with Crippen molar-refractivity contribution in [2.24, 2.45) is 0 Å². The molecule has 2 amide bonds. The first-order chi connectivity index (χ1) is 13.3. The van der Waals surface area contributed by atoms with E-state index in [0.29, 0.717) is 6.04 Å². The molecule has 4 nitrogen and oxygen atoms in total. The van der Waals surface area contributed by atoms with Gasteiger partial charge in [0.05, 0.1) is 12.6 Å². The fourth-order valence-electron chi connectivity index (χ4n) is 5.24. The van der Waals surface area contributed by atoms with Crippen molar-refractivity contribution in [3.63, 3.8) is 0 Å². The van der Waals surface area contributed by atoms with Crippen LogP contribution in [0.2, 0.25) is 0 Å². The predicted molar refractivity (Wildman–Crippen MR) is 110 cm³/mol. The number of nitrogens with one attached hydrogen (secondary N) is 1. The molecule has 0 radical (unpaired) electrons. The summed E-state index contributed by atoms with van der Waals surface area (Å²) >= 11 is 1.96. The molecule has 2 aromatic rings. The summed E-state index contributed by atoms with van der Waals surface area (Å²) in [7, 11) is 0. The SMILES string of the molecule is CC[C@@H]1c2cccn2-c2sc3c(c2CN1C(=O)NC1CCCC1)CCCC3. The molecule has 144 valence electrons. The van der Waals surface area contributed by atoms with E-state index in [9.17, 15) is 4.79 Å². The van der Waals surface area contributed by atoms with Crippen LogP contribution in [0.4, 0.5) is 4.79 Å². The molecule has 5 heteroatoms. The van der Waals surface area contributed by atoms with Gasteiger partial charge < -0.3 is 14.8 Å². The van der Waals surface area contributed by atoms with Gasteiger partial charge in [-0.25, -0.2) is 4.79 Å². The van der Waals surface area contributed by atoms with Crippen molar-refractivity contribution < 1.29 is 4.79 Å². The number of carbonyl (C=O) groups is 1. The first-order valence-electron chi connectivity index (χ1n) is 10.6. The van der Waals surface area contributed by atoms with Gasteiger partial charge in [0.25, 0.3) is 0 Å². The Bertz CT molecular complexity index is 846. The molecule has 0 saturated heterocycles. The van der Waals surface area contributed by atoms with Crippen molar-refractivity contribution in [3.05, 3.63) is 40.0 Å². The molecular formula is C22H29N3OS. The summed E-state index contributed by atoms with van der Waals surface area (Å²) in [6.45, 7) is 2.95. The van der Waals surface area contributed by atoms with Crippen molar-refractivity contribution in [2.45, 2.75) is 83.3 Å². The van der Waals surface area contributed by atoms with Crippen LogP contribution >= 0.6 is 11.3 Å². The highest BCUT2D eigenvalue weighted by Gasteiger charge is 2.35. The number of urea groups is 1. The van der Waals surface area contributed by atoms with Gasteiger partial charge in [-0.05, 0) is 62.6 Å². The lowest BCUT2D eigenvalue weighted by Crippen LogP contribution is -2.45. The predicted octanol–water partition coefficient (Wildman–Crippen LogP) is 5.34. The largest absolute Gasteiger partial charge is 0.335 e. The van der Waals surface area contributed by atoms with Gasteiger partial charge in [0.15, 0.2) is 0 Å². The number of thiophene rings is 1. The first-order valence-corrected chi connectivity index (χ1v) is 11.5. The number of carbonyl (C=O) groups excluding carboxylic acids is 1. The number of hydrogen-bond donors (Lipinski definition) is 1. The summed E-state index contributed by atoms with van der Waals surface area (Å²) in [6, 6.07) is 4.97. The molecule has 1 atom stereocenters. The molecule has 0 spiro atoms. The second kappa shape index (κ2) is 7.01. The third kappa shape index (κ3) is 2.91. The zero-order valence-electron chi connectivity index (χ0n) is 16.2. The Balaban J connectivity index is 1.56. The monoisotopic (exact) mass is 383 g/mol. The van der Waals surface area contributed by atoms with Crippen LogP contribution in [0.15, 0.2) is 18.3 Å². The van der Waals surface area contributed by atoms with E-state index in [4.69, 9.17) is 0 Å². The quantitative estimate of drug-likeness (QED) is 0.747. The Morgan fingerprint density at radius 2 is 2.00 bits per heavy atom. The summed E-state index contributed by atoms with van der Waals surface area (Å²) in [5.74, 6) is 0. The molecule has 3 heterocycles. The molecule has 2 aromatic heterocycles. The average molecular weight is 384 g/mol. The molecule has 0 bridgehead atoms. The van der Waals surface area contributed by atoms with Crippen molar-refractivity contribution >= 4 is 17.4 Å². The van der Waals surface area contributed by atoms with Crippen LogP contribution in [0.25, 0.3) is 5.00 Å². The van der Waals surface area contributed by atoms with E-state index < -0.39 is 0 Å². The lowest BCUT2D eigenvalue weighted by Gasteiger charge is -2.31. The summed E-state index contributed by atoms with van der Waals surface area (Å²) in [5.41, 5.74) is 4.21. The highest BCUT2D eigenvalue weighted by Crippen LogP contribution is 2.43. The zero-order chi connectivity index (χ0) is 18.4. The van der Waals surface area contributed by atoms with Gasteiger partial charge in [0, 0.05) is 28.4 Å². The Hall–Kier alpha value is -1.75. The molecule has 5 rings (SSSR count). The summed E-state index contributed by atoms with van der Waals surface area (Å²) < 4.78 is 2.37. The van der Waals surface area contributed by atoms with Crippen LogP contribution < -0.4 is 5.32 Å². The van der Waals surface area contributed by atoms with E-state index in [1.165, 1.54) is 60.3 Å². The van der Waals surface area contributed by atoms with E-state index in [0.717, 1.165) is 25.8 Å². The number of amides is 2. The van der Waals surface area contributed by atoms with Crippen LogP contribution in [0.5, 0.6) is 0 Å². The molecule has 27 heavy (non-hydrogen) atoms. The van der Waals surface area contributed by atoms with Crippen LogP contribution in [-0.4, -0.2) is 21.5 Å². The normalized spacial score (nSPS) is 22.1. The summed E-state index contributed by atoms with van der Waals surface area (Å²) in [6.07, 6.45) is 12.8. The van der Waals surface area contributed by atoms with Gasteiger partial charge in [0.2, 0.25) is 0 Å². The maximum atomic E-state index is 13.3. The fraction of sp³-hybridized carbons (Fsp3) is 0.591. The number of aromatic nitrogens is 1. The molecule has 3 aliphatic rings. The van der Waals surface area contributed by atoms with Crippen LogP contribution in [-0.2, 0) is 19.4 Å². The topological polar surface area (TPSA) is 37.3 Å². The van der Waals surface area contributed by atoms with Gasteiger partial charge in [-0.3, -0.25) is 0 Å². The number of nitrogens with zero attached hydrogens (tertiary/aromatic N) is 2. The van der Waals surface area contributed by atoms with Crippen molar-refractivity contribution in [3.8, 4) is 5.00 Å². The molecule has 0 unspecified atom stereocenters. The maximum Gasteiger partial charge on any atom is 0.318 e. The Kier molecular flexibility index (Phi) is 4.50. The fourth-order valence-corrected chi connectivity index (χ4v) is 6.64. The number of aryl methyl sites for hydroxylation is 1. The van der Waals surface area contributed by atoms with Crippen molar-refractivity contribution in [2.75, 3.05) is 0 Å². The van der Waals surface area contributed by atoms with Gasteiger partial charge in [-0.15, -0.1) is 11.3 Å². The van der Waals surface area contributed by atoms with E-state index in [1.807, 2.05) is 11.3 Å². The smallest absolute Gasteiger partial charge is 0.318 e. The standard InChI is InChI=1S/C22H29N3OS/c1-2-18-19-11-7-13-24(19)21-17(16-10-5-6-12-20(16)27-21)14-25(18)22(26)23-15-8-3-4-9-15/h7,11,13,15,18H,2-6,8-10,12,14H2,1H3,(H,23,26)/t18-/m1/s1. The summed E-state index contributed by atoms with van der Waals surface area (Å²) in [5, 5.41) is 4.71. The first kappa shape index (κ1) is 17.4. The zero-order valence-corrected chi connectivity index (χ0v) is 17.0. The highest BCUT2D eigenvalue weighted by atomic mass is 32.1. The van der Waals surface area contributed by atoms with Crippen LogP contribution in [0.3, 0.4) is 0 Å². The molecule has 1 N–H and O–H groups in total. The lowest BCUT2D eigenvalue weighted by atomic mass is 9.95. The Morgan fingerprint density at radius 1 is 1.19 bits per heavy atom. The molecule has 1 aliphatic heterocycles. The van der Waals surface area contributed by atoms with Gasteiger partial charge in [-0.2, -0.15) is 0 Å². The third-order valence-electron chi connectivity index (χ3n) is 6.64. The van der Waals surface area contributed by atoms with Gasteiger partial charge >= 0.3 is 6.03 Å². The van der Waals surface area contributed by atoms with Crippen LogP contribution in [0.1, 0.15) is 79.6 Å². The number of fused-ring (bicyclic) bond motifs is 5. The highest BCUT2D eigenvalue weighted by molar-refractivity contribution is 7.15. The minimum Gasteiger partial charge on any atom is -0.335 e. The lowest BCUT2D eigenvalue weighted by molar-refractivity contribution is 0.164. The molecule has 1 saturated carbocycles. The van der Waals surface area contributed by atoms with E-state index in [2.05, 4.69) is 40.0 Å². The number of rotatable bonds is 2. The van der Waals surface area contributed by atoms with Crippen molar-refractivity contribution in [1.29, 1.82) is 0 Å². The Morgan fingerprint density at radius 3 is 2.81 bits per heavy atom. The van der Waals surface area contributed by atoms with Gasteiger partial charge in [0.1, 0.15) is 5.00 Å². The maximum absolute atomic E-state index is 13.3. The Labute approximate surface area is 165 Å². The molecule has 0 aromatic carbocycles. The second-order valence-electron chi connectivity index (χ2n) is 8.28. The van der Waals surface area contributed by atoms with E-state index in [1.54, 1.807) is 4.88 Å². The van der Waals surface area contributed by atoms with Crippen LogP contribution in [0, 0.1) is 0 Å². The minimum absolute atomic E-state index is 0.130. The van der Waals surface area contributed by atoms with E-state index in [-0.39, 0.29) is 12.1 Å². The van der Waals surface area contributed by atoms with Crippen molar-refractivity contribution in [1.82, 2.24) is 14.8 Å². The molecular weight excluding hydrogens is 354 g/mol. The molecule has 1 fully saturated rings.